The molecule has 0 spiro atoms. The predicted molar refractivity (Wildman–Crippen MR) is 74.2 cm³/mol. The monoisotopic (exact) mass is 320 g/mol. The second-order valence-corrected chi connectivity index (χ2v) is 4.61. The van der Waals surface area contributed by atoms with Crippen molar-refractivity contribution in [1.82, 2.24) is 0 Å². The quantitative estimate of drug-likeness (QED) is 0.571. The van der Waals surface area contributed by atoms with E-state index in [4.69, 9.17) is 37.4 Å². The van der Waals surface area contributed by atoms with Crippen LogP contribution in [0.1, 0.15) is 13.3 Å². The van der Waals surface area contributed by atoms with E-state index in [1.54, 1.807) is 6.07 Å². The summed E-state index contributed by atoms with van der Waals surface area (Å²) in [4.78, 5) is 22.6. The van der Waals surface area contributed by atoms with Gasteiger partial charge in [-0.05, 0) is 24.6 Å². The zero-order valence-corrected chi connectivity index (χ0v) is 12.4. The summed E-state index contributed by atoms with van der Waals surface area (Å²) in [6.45, 7) is 1.53. The SMILES string of the molecule is CCCOC(=O)COCC(=O)Oc1ccc(Cl)cc1Cl. The molecule has 0 N–H and O–H groups in total. The molecule has 0 unspecified atom stereocenters. The van der Waals surface area contributed by atoms with Gasteiger partial charge in [-0.2, -0.15) is 0 Å². The molecule has 0 aliphatic carbocycles. The van der Waals surface area contributed by atoms with Crippen molar-refractivity contribution in [2.45, 2.75) is 13.3 Å². The molecule has 0 radical (unpaired) electrons. The fraction of sp³-hybridized carbons (Fsp3) is 0.385. The van der Waals surface area contributed by atoms with Crippen LogP contribution in [0.25, 0.3) is 0 Å². The third-order valence-corrected chi connectivity index (χ3v) is 2.56. The van der Waals surface area contributed by atoms with Crippen LogP contribution < -0.4 is 4.74 Å². The lowest BCUT2D eigenvalue weighted by molar-refractivity contribution is -0.151. The molecule has 1 aromatic rings. The van der Waals surface area contributed by atoms with E-state index >= 15 is 0 Å². The summed E-state index contributed by atoms with van der Waals surface area (Å²) in [6.07, 6.45) is 0.725. The van der Waals surface area contributed by atoms with Gasteiger partial charge in [0.25, 0.3) is 0 Å². The summed E-state index contributed by atoms with van der Waals surface area (Å²) in [5.74, 6) is -1.01. The first-order valence-electron chi connectivity index (χ1n) is 5.92. The fourth-order valence-corrected chi connectivity index (χ4v) is 1.63. The second-order valence-electron chi connectivity index (χ2n) is 3.76. The van der Waals surface area contributed by atoms with Gasteiger partial charge in [-0.15, -0.1) is 0 Å². The van der Waals surface area contributed by atoms with Crippen molar-refractivity contribution in [3.63, 3.8) is 0 Å². The molecule has 0 aliphatic heterocycles. The standard InChI is InChI=1S/C13H14Cl2O5/c1-2-5-19-12(16)7-18-8-13(17)20-11-4-3-9(14)6-10(11)15/h3-4,6H,2,5,7-8H2,1H3. The third-order valence-electron chi connectivity index (χ3n) is 2.02. The Morgan fingerprint density at radius 3 is 2.50 bits per heavy atom. The molecule has 7 heteroatoms. The molecule has 0 atom stereocenters. The summed E-state index contributed by atoms with van der Waals surface area (Å²) in [5, 5.41) is 0.651. The van der Waals surface area contributed by atoms with Crippen molar-refractivity contribution in [3.8, 4) is 5.75 Å². The minimum absolute atomic E-state index is 0.179. The Balaban J connectivity index is 2.31. The van der Waals surface area contributed by atoms with Crippen LogP contribution in [0, 0.1) is 0 Å². The summed E-state index contributed by atoms with van der Waals surface area (Å²) < 4.78 is 14.6. The molecule has 0 aromatic heterocycles. The lowest BCUT2D eigenvalue weighted by atomic mass is 10.3. The smallest absolute Gasteiger partial charge is 0.337 e. The number of halogens is 2. The van der Waals surface area contributed by atoms with Crippen molar-refractivity contribution in [2.75, 3.05) is 19.8 Å². The first-order chi connectivity index (χ1) is 9.52. The summed E-state index contributed by atoms with van der Waals surface area (Å²) in [7, 11) is 0. The van der Waals surface area contributed by atoms with E-state index in [1.165, 1.54) is 12.1 Å². The van der Waals surface area contributed by atoms with E-state index in [-0.39, 0.29) is 24.0 Å². The average Bonchev–Trinajstić information content (AvgIpc) is 2.39. The van der Waals surface area contributed by atoms with Crippen LogP contribution in [0.2, 0.25) is 10.0 Å². The number of carbonyl (C=O) groups excluding carboxylic acids is 2. The number of ether oxygens (including phenoxy) is 3. The fourth-order valence-electron chi connectivity index (χ4n) is 1.19. The zero-order chi connectivity index (χ0) is 15.0. The molecule has 0 fully saturated rings. The van der Waals surface area contributed by atoms with Crippen LogP contribution in [0.15, 0.2) is 18.2 Å². The van der Waals surface area contributed by atoms with Crippen molar-refractivity contribution in [3.05, 3.63) is 28.2 Å². The van der Waals surface area contributed by atoms with E-state index < -0.39 is 11.9 Å². The number of hydrogen-bond acceptors (Lipinski definition) is 5. The molecule has 0 bridgehead atoms. The lowest BCUT2D eigenvalue weighted by Crippen LogP contribution is -2.20. The largest absolute Gasteiger partial charge is 0.464 e. The van der Waals surface area contributed by atoms with Crippen molar-refractivity contribution >= 4 is 35.1 Å². The Morgan fingerprint density at radius 1 is 1.15 bits per heavy atom. The molecule has 20 heavy (non-hydrogen) atoms. The predicted octanol–water partition coefficient (Wildman–Crippen LogP) is 2.87. The second kappa shape index (κ2) is 8.79. The van der Waals surface area contributed by atoms with Crippen LogP contribution in [0.5, 0.6) is 5.75 Å². The molecule has 0 heterocycles. The molecular formula is C13H14Cl2O5. The molecular weight excluding hydrogens is 307 g/mol. The highest BCUT2D eigenvalue weighted by Crippen LogP contribution is 2.27. The summed E-state index contributed by atoms with van der Waals surface area (Å²) >= 11 is 11.6. The van der Waals surface area contributed by atoms with E-state index in [2.05, 4.69) is 0 Å². The van der Waals surface area contributed by atoms with E-state index in [0.717, 1.165) is 6.42 Å². The minimum atomic E-state index is -0.669. The topological polar surface area (TPSA) is 61.8 Å². The van der Waals surface area contributed by atoms with Crippen LogP contribution in [-0.2, 0) is 19.1 Å². The van der Waals surface area contributed by atoms with Gasteiger partial charge in [0.2, 0.25) is 0 Å². The molecule has 5 nitrogen and oxygen atoms in total. The van der Waals surface area contributed by atoms with E-state index in [9.17, 15) is 9.59 Å². The molecule has 0 saturated heterocycles. The Morgan fingerprint density at radius 2 is 1.85 bits per heavy atom. The highest BCUT2D eigenvalue weighted by atomic mass is 35.5. The van der Waals surface area contributed by atoms with Gasteiger partial charge in [0.15, 0.2) is 0 Å². The molecule has 0 amide bonds. The normalized spacial score (nSPS) is 10.2. The Labute approximate surface area is 126 Å². The van der Waals surface area contributed by atoms with Gasteiger partial charge in [0.1, 0.15) is 19.0 Å². The molecule has 1 rings (SSSR count). The Bertz CT molecular complexity index is 476. The average molecular weight is 321 g/mol. The van der Waals surface area contributed by atoms with Gasteiger partial charge in [0, 0.05) is 5.02 Å². The van der Waals surface area contributed by atoms with E-state index in [1.807, 2.05) is 6.92 Å². The maximum absolute atomic E-state index is 11.5. The number of esters is 2. The molecule has 110 valence electrons. The first kappa shape index (κ1) is 16.8. The zero-order valence-electron chi connectivity index (χ0n) is 10.9. The van der Waals surface area contributed by atoms with Gasteiger partial charge < -0.3 is 14.2 Å². The van der Waals surface area contributed by atoms with Gasteiger partial charge in [-0.25, -0.2) is 9.59 Å². The minimum Gasteiger partial charge on any atom is -0.464 e. The molecule has 0 saturated carbocycles. The van der Waals surface area contributed by atoms with Gasteiger partial charge in [-0.3, -0.25) is 0 Å². The highest BCUT2D eigenvalue weighted by Gasteiger charge is 2.10. The maximum atomic E-state index is 11.5. The third kappa shape index (κ3) is 6.23. The molecule has 1 aromatic carbocycles. The number of hydrogen-bond donors (Lipinski definition) is 0. The number of rotatable bonds is 7. The van der Waals surface area contributed by atoms with Crippen LogP contribution >= 0.6 is 23.2 Å². The summed E-state index contributed by atoms with van der Waals surface area (Å²) in [5.41, 5.74) is 0. The van der Waals surface area contributed by atoms with E-state index in [0.29, 0.717) is 11.6 Å². The molecule has 0 aliphatic rings. The van der Waals surface area contributed by atoms with Crippen molar-refractivity contribution in [1.29, 1.82) is 0 Å². The maximum Gasteiger partial charge on any atom is 0.337 e. The van der Waals surface area contributed by atoms with Crippen LogP contribution in [0.4, 0.5) is 0 Å². The van der Waals surface area contributed by atoms with Crippen LogP contribution in [0.3, 0.4) is 0 Å². The number of benzene rings is 1. The number of carbonyl (C=O) groups is 2. The van der Waals surface area contributed by atoms with Gasteiger partial charge in [-0.1, -0.05) is 30.1 Å². The van der Waals surface area contributed by atoms with Crippen molar-refractivity contribution < 1.29 is 23.8 Å². The Hall–Kier alpha value is -1.30. The van der Waals surface area contributed by atoms with Crippen LogP contribution in [-0.4, -0.2) is 31.8 Å². The van der Waals surface area contributed by atoms with Gasteiger partial charge in [0.05, 0.1) is 11.6 Å². The first-order valence-corrected chi connectivity index (χ1v) is 6.67. The highest BCUT2D eigenvalue weighted by molar-refractivity contribution is 6.35. The lowest BCUT2D eigenvalue weighted by Gasteiger charge is -2.07. The Kier molecular flexibility index (Phi) is 7.36. The van der Waals surface area contributed by atoms with Crippen molar-refractivity contribution in [2.24, 2.45) is 0 Å². The van der Waals surface area contributed by atoms with Gasteiger partial charge >= 0.3 is 11.9 Å². The summed E-state index contributed by atoms with van der Waals surface area (Å²) in [6, 6.07) is 4.46.